The van der Waals surface area contributed by atoms with E-state index in [-0.39, 0.29) is 5.69 Å². The molecule has 0 bridgehead atoms. The summed E-state index contributed by atoms with van der Waals surface area (Å²) in [5, 5.41) is 4.08. The number of benzene rings is 3. The fourth-order valence-corrected chi connectivity index (χ4v) is 3.23. The van der Waals surface area contributed by atoms with Gasteiger partial charge in [0.2, 0.25) is 0 Å². The molecule has 0 aliphatic carbocycles. The smallest absolute Gasteiger partial charge is 0.435 e. The molecule has 0 radical (unpaired) electrons. The van der Waals surface area contributed by atoms with Gasteiger partial charge in [0.05, 0.1) is 16.4 Å². The molecule has 1 heterocycles. The van der Waals surface area contributed by atoms with E-state index in [1.165, 1.54) is 4.68 Å². The maximum atomic E-state index is 13.4. The van der Waals surface area contributed by atoms with Crippen molar-refractivity contribution in [1.82, 2.24) is 9.78 Å². The molecule has 0 saturated heterocycles. The van der Waals surface area contributed by atoms with Crippen LogP contribution in [0, 0.1) is 0 Å². The second-order valence-corrected chi connectivity index (χ2v) is 6.99. The minimum atomic E-state index is -4.58. The molecule has 4 rings (SSSR count). The SMILES string of the molecule is FC(F)(F)c1cc(-c2cccc(OCc3ccccc3)c2)n(-c2ccccc2Cl)n1. The van der Waals surface area contributed by atoms with Crippen LogP contribution in [-0.4, -0.2) is 9.78 Å². The van der Waals surface area contributed by atoms with E-state index in [9.17, 15) is 13.2 Å². The molecule has 3 aromatic carbocycles. The monoisotopic (exact) mass is 428 g/mol. The molecule has 0 atom stereocenters. The van der Waals surface area contributed by atoms with Crippen LogP contribution in [0.25, 0.3) is 16.9 Å². The van der Waals surface area contributed by atoms with Gasteiger partial charge in [0, 0.05) is 5.56 Å². The summed E-state index contributed by atoms with van der Waals surface area (Å²) in [5.41, 5.74) is 1.15. The molecular weight excluding hydrogens is 413 g/mol. The Labute approximate surface area is 176 Å². The number of hydrogen-bond acceptors (Lipinski definition) is 2. The average molecular weight is 429 g/mol. The summed E-state index contributed by atoms with van der Waals surface area (Å²) in [6.45, 7) is 0.349. The minimum Gasteiger partial charge on any atom is -0.489 e. The van der Waals surface area contributed by atoms with E-state index >= 15 is 0 Å². The lowest BCUT2D eigenvalue weighted by molar-refractivity contribution is -0.141. The molecule has 4 aromatic rings. The highest BCUT2D eigenvalue weighted by Gasteiger charge is 2.35. The first-order valence-corrected chi connectivity index (χ1v) is 9.49. The van der Waals surface area contributed by atoms with Crippen molar-refractivity contribution in [3.05, 3.63) is 101 Å². The zero-order valence-corrected chi connectivity index (χ0v) is 16.4. The van der Waals surface area contributed by atoms with Gasteiger partial charge in [0.25, 0.3) is 0 Å². The van der Waals surface area contributed by atoms with Crippen LogP contribution in [0.5, 0.6) is 5.75 Å². The minimum absolute atomic E-state index is 0.264. The zero-order chi connectivity index (χ0) is 21.1. The Balaban J connectivity index is 1.73. The van der Waals surface area contributed by atoms with Crippen molar-refractivity contribution >= 4 is 11.6 Å². The maximum absolute atomic E-state index is 13.4. The molecule has 152 valence electrons. The normalized spacial score (nSPS) is 11.5. The summed E-state index contributed by atoms with van der Waals surface area (Å²) in [7, 11) is 0. The van der Waals surface area contributed by atoms with Crippen molar-refractivity contribution in [2.75, 3.05) is 0 Å². The van der Waals surface area contributed by atoms with Gasteiger partial charge >= 0.3 is 6.18 Å². The van der Waals surface area contributed by atoms with E-state index in [0.717, 1.165) is 11.6 Å². The summed E-state index contributed by atoms with van der Waals surface area (Å²) in [5.74, 6) is 0.539. The lowest BCUT2D eigenvalue weighted by atomic mass is 10.1. The second-order valence-electron chi connectivity index (χ2n) is 6.58. The number of para-hydroxylation sites is 1. The van der Waals surface area contributed by atoms with Gasteiger partial charge in [-0.1, -0.05) is 66.2 Å². The van der Waals surface area contributed by atoms with Crippen LogP contribution in [0.4, 0.5) is 13.2 Å². The van der Waals surface area contributed by atoms with Crippen LogP contribution in [-0.2, 0) is 12.8 Å². The molecule has 0 fully saturated rings. The first-order chi connectivity index (χ1) is 14.4. The first-order valence-electron chi connectivity index (χ1n) is 9.11. The van der Waals surface area contributed by atoms with E-state index in [0.29, 0.717) is 28.6 Å². The lowest BCUT2D eigenvalue weighted by Crippen LogP contribution is -2.07. The first kappa shape index (κ1) is 20.0. The van der Waals surface area contributed by atoms with E-state index in [2.05, 4.69) is 5.10 Å². The molecule has 3 nitrogen and oxygen atoms in total. The molecule has 0 N–H and O–H groups in total. The number of ether oxygens (including phenoxy) is 1. The molecule has 0 spiro atoms. The Bertz CT molecular complexity index is 1160. The van der Waals surface area contributed by atoms with Crippen molar-refractivity contribution in [2.24, 2.45) is 0 Å². The quantitative estimate of drug-likeness (QED) is 0.350. The summed E-state index contributed by atoms with van der Waals surface area (Å²) in [4.78, 5) is 0. The van der Waals surface area contributed by atoms with Crippen LogP contribution < -0.4 is 4.74 Å². The molecule has 30 heavy (non-hydrogen) atoms. The molecule has 0 amide bonds. The third-order valence-electron chi connectivity index (χ3n) is 4.46. The van der Waals surface area contributed by atoms with E-state index < -0.39 is 11.9 Å². The van der Waals surface area contributed by atoms with Crippen LogP contribution in [0.3, 0.4) is 0 Å². The molecule has 0 saturated carbocycles. The van der Waals surface area contributed by atoms with Crippen molar-refractivity contribution in [2.45, 2.75) is 12.8 Å². The number of rotatable bonds is 5. The third kappa shape index (κ3) is 4.33. The second kappa shape index (κ2) is 8.24. The highest BCUT2D eigenvalue weighted by molar-refractivity contribution is 6.32. The van der Waals surface area contributed by atoms with Crippen LogP contribution in [0.2, 0.25) is 5.02 Å². The molecule has 0 unspecified atom stereocenters. The fraction of sp³-hybridized carbons (Fsp3) is 0.0870. The number of hydrogen-bond donors (Lipinski definition) is 0. The highest BCUT2D eigenvalue weighted by Crippen LogP contribution is 2.35. The van der Waals surface area contributed by atoms with Gasteiger partial charge < -0.3 is 4.74 Å². The number of halogens is 4. The van der Waals surface area contributed by atoms with Crippen molar-refractivity contribution in [1.29, 1.82) is 0 Å². The van der Waals surface area contributed by atoms with Crippen molar-refractivity contribution in [3.63, 3.8) is 0 Å². The summed E-state index contributed by atoms with van der Waals surface area (Å²) >= 11 is 6.22. The van der Waals surface area contributed by atoms with Crippen LogP contribution >= 0.6 is 11.6 Å². The number of alkyl halides is 3. The lowest BCUT2D eigenvalue weighted by Gasteiger charge is -2.11. The van der Waals surface area contributed by atoms with Crippen molar-refractivity contribution < 1.29 is 17.9 Å². The molecule has 1 aromatic heterocycles. The van der Waals surface area contributed by atoms with E-state index in [1.54, 1.807) is 48.5 Å². The fourth-order valence-electron chi connectivity index (χ4n) is 3.02. The van der Waals surface area contributed by atoms with E-state index in [1.807, 2.05) is 30.3 Å². The largest absolute Gasteiger partial charge is 0.489 e. The van der Waals surface area contributed by atoms with Gasteiger partial charge in [-0.2, -0.15) is 18.3 Å². The topological polar surface area (TPSA) is 27.1 Å². The van der Waals surface area contributed by atoms with Gasteiger partial charge in [-0.05, 0) is 35.9 Å². The van der Waals surface area contributed by atoms with Crippen LogP contribution in [0.15, 0.2) is 84.9 Å². The predicted octanol–water partition coefficient (Wildman–Crippen LogP) is 6.79. The summed E-state index contributed by atoms with van der Waals surface area (Å²) in [6, 6.07) is 24.1. The Morgan fingerprint density at radius 3 is 2.33 bits per heavy atom. The number of nitrogens with zero attached hydrogens (tertiary/aromatic N) is 2. The van der Waals surface area contributed by atoms with Gasteiger partial charge in [0.15, 0.2) is 5.69 Å². The Kier molecular flexibility index (Phi) is 5.50. The zero-order valence-electron chi connectivity index (χ0n) is 15.6. The molecular formula is C23H16ClF3N2O. The van der Waals surface area contributed by atoms with Gasteiger partial charge in [0.1, 0.15) is 12.4 Å². The predicted molar refractivity (Wildman–Crippen MR) is 110 cm³/mol. The standard InChI is InChI=1S/C23H16ClF3N2O/c24-19-11-4-5-12-20(19)29-21(14-22(28-29)23(25,26)27)17-9-6-10-18(13-17)30-15-16-7-2-1-3-8-16/h1-14H,15H2. The summed E-state index contributed by atoms with van der Waals surface area (Å²) in [6.07, 6.45) is -4.58. The third-order valence-corrected chi connectivity index (χ3v) is 4.78. The van der Waals surface area contributed by atoms with Crippen LogP contribution in [0.1, 0.15) is 11.3 Å². The van der Waals surface area contributed by atoms with Gasteiger partial charge in [-0.15, -0.1) is 0 Å². The Morgan fingerprint density at radius 2 is 1.60 bits per heavy atom. The Morgan fingerprint density at radius 1 is 0.867 bits per heavy atom. The number of aromatic nitrogens is 2. The van der Waals surface area contributed by atoms with Crippen molar-refractivity contribution in [3.8, 4) is 22.7 Å². The van der Waals surface area contributed by atoms with Gasteiger partial charge in [-0.3, -0.25) is 0 Å². The van der Waals surface area contributed by atoms with E-state index in [4.69, 9.17) is 16.3 Å². The van der Waals surface area contributed by atoms with Gasteiger partial charge in [-0.25, -0.2) is 4.68 Å². The molecule has 7 heteroatoms. The molecule has 0 aliphatic rings. The average Bonchev–Trinajstić information content (AvgIpc) is 3.19. The maximum Gasteiger partial charge on any atom is 0.435 e. The highest BCUT2D eigenvalue weighted by atomic mass is 35.5. The Hall–Kier alpha value is -3.25. The summed E-state index contributed by atoms with van der Waals surface area (Å²) < 4.78 is 47.1. The molecule has 0 aliphatic heterocycles.